The summed E-state index contributed by atoms with van der Waals surface area (Å²) in [5.74, 6) is 0.677. The number of hydrogen-bond donors (Lipinski definition) is 1. The maximum Gasteiger partial charge on any atom is 0.160 e. The fraction of sp³-hybridized carbons (Fsp3) is 0.538. The standard InChI is InChI=1S/C13H20O3/c1-13(2,3)16-8-7-10-5-6-11(14)12(9-10)15-4/h5-6,9,14H,7-8H2,1-4H3. The summed E-state index contributed by atoms with van der Waals surface area (Å²) in [5.41, 5.74) is 0.986. The van der Waals surface area contributed by atoms with Crippen LogP contribution >= 0.6 is 0 Å². The van der Waals surface area contributed by atoms with Gasteiger partial charge in [0.1, 0.15) is 0 Å². The molecule has 0 aliphatic carbocycles. The third-order valence-corrected chi connectivity index (χ3v) is 2.17. The van der Waals surface area contributed by atoms with Crippen molar-refractivity contribution in [1.29, 1.82) is 0 Å². The van der Waals surface area contributed by atoms with E-state index in [0.717, 1.165) is 12.0 Å². The second-order valence-corrected chi connectivity index (χ2v) is 4.72. The Kier molecular flexibility index (Phi) is 4.19. The summed E-state index contributed by atoms with van der Waals surface area (Å²) in [6.07, 6.45) is 0.813. The van der Waals surface area contributed by atoms with Crippen molar-refractivity contribution >= 4 is 0 Å². The molecule has 1 N–H and O–H groups in total. The Balaban J connectivity index is 2.55. The molecular weight excluding hydrogens is 204 g/mol. The van der Waals surface area contributed by atoms with E-state index in [9.17, 15) is 5.11 Å². The predicted octanol–water partition coefficient (Wildman–Crippen LogP) is 2.76. The van der Waals surface area contributed by atoms with Gasteiger partial charge in [0, 0.05) is 0 Å². The monoisotopic (exact) mass is 224 g/mol. The number of methoxy groups -OCH3 is 1. The van der Waals surface area contributed by atoms with E-state index in [1.54, 1.807) is 13.2 Å². The van der Waals surface area contributed by atoms with E-state index in [1.165, 1.54) is 0 Å². The molecule has 1 rings (SSSR count). The molecule has 3 nitrogen and oxygen atoms in total. The molecule has 3 heteroatoms. The van der Waals surface area contributed by atoms with Crippen molar-refractivity contribution in [3.63, 3.8) is 0 Å². The van der Waals surface area contributed by atoms with E-state index in [2.05, 4.69) is 0 Å². The van der Waals surface area contributed by atoms with Gasteiger partial charge in [-0.15, -0.1) is 0 Å². The summed E-state index contributed by atoms with van der Waals surface area (Å²) < 4.78 is 10.7. The highest BCUT2D eigenvalue weighted by Crippen LogP contribution is 2.26. The molecule has 16 heavy (non-hydrogen) atoms. The minimum absolute atomic E-state index is 0.110. The Morgan fingerprint density at radius 2 is 1.94 bits per heavy atom. The molecule has 0 heterocycles. The number of rotatable bonds is 4. The largest absolute Gasteiger partial charge is 0.504 e. The van der Waals surface area contributed by atoms with Crippen molar-refractivity contribution in [2.24, 2.45) is 0 Å². The Labute approximate surface area is 97.0 Å². The Hall–Kier alpha value is -1.22. The van der Waals surface area contributed by atoms with Gasteiger partial charge in [0.15, 0.2) is 11.5 Å². The molecular formula is C13H20O3. The molecule has 0 saturated heterocycles. The van der Waals surface area contributed by atoms with Gasteiger partial charge in [0.2, 0.25) is 0 Å². The molecule has 0 fully saturated rings. The van der Waals surface area contributed by atoms with E-state index in [1.807, 2.05) is 32.9 Å². The lowest BCUT2D eigenvalue weighted by molar-refractivity contribution is -0.000990. The average molecular weight is 224 g/mol. The van der Waals surface area contributed by atoms with Crippen LogP contribution in [0.5, 0.6) is 11.5 Å². The van der Waals surface area contributed by atoms with Crippen LogP contribution in [0.25, 0.3) is 0 Å². The van der Waals surface area contributed by atoms with Gasteiger partial charge in [0.05, 0.1) is 19.3 Å². The number of phenolic OH excluding ortho intramolecular Hbond substituents is 1. The van der Waals surface area contributed by atoms with Crippen LogP contribution < -0.4 is 4.74 Å². The number of aromatic hydroxyl groups is 1. The predicted molar refractivity (Wildman–Crippen MR) is 64.1 cm³/mol. The van der Waals surface area contributed by atoms with Gasteiger partial charge >= 0.3 is 0 Å². The molecule has 0 amide bonds. The quantitative estimate of drug-likeness (QED) is 0.854. The molecule has 0 aliphatic heterocycles. The lowest BCUT2D eigenvalue weighted by Crippen LogP contribution is -2.20. The van der Waals surface area contributed by atoms with Crippen molar-refractivity contribution in [1.82, 2.24) is 0 Å². The van der Waals surface area contributed by atoms with E-state index in [-0.39, 0.29) is 11.4 Å². The van der Waals surface area contributed by atoms with Gasteiger partial charge in [-0.2, -0.15) is 0 Å². The molecule has 0 saturated carbocycles. The zero-order valence-electron chi connectivity index (χ0n) is 10.4. The van der Waals surface area contributed by atoms with Crippen LogP contribution in [0.15, 0.2) is 18.2 Å². The van der Waals surface area contributed by atoms with Crippen molar-refractivity contribution in [2.75, 3.05) is 13.7 Å². The zero-order valence-corrected chi connectivity index (χ0v) is 10.4. The first-order chi connectivity index (χ1) is 7.42. The number of phenols is 1. The number of ether oxygens (including phenoxy) is 2. The molecule has 1 aromatic rings. The van der Waals surface area contributed by atoms with Crippen LogP contribution in [-0.2, 0) is 11.2 Å². The average Bonchev–Trinajstić information content (AvgIpc) is 2.18. The van der Waals surface area contributed by atoms with Gasteiger partial charge < -0.3 is 14.6 Å². The lowest BCUT2D eigenvalue weighted by Gasteiger charge is -2.19. The summed E-state index contributed by atoms with van der Waals surface area (Å²) >= 11 is 0. The molecule has 0 aromatic heterocycles. The van der Waals surface area contributed by atoms with Crippen molar-refractivity contribution in [2.45, 2.75) is 32.8 Å². The smallest absolute Gasteiger partial charge is 0.160 e. The summed E-state index contributed by atoms with van der Waals surface area (Å²) in [5, 5.41) is 9.43. The Morgan fingerprint density at radius 1 is 1.25 bits per heavy atom. The molecule has 0 unspecified atom stereocenters. The van der Waals surface area contributed by atoms with Crippen LogP contribution in [0.3, 0.4) is 0 Å². The summed E-state index contributed by atoms with van der Waals surface area (Å²) in [6, 6.07) is 5.36. The second-order valence-electron chi connectivity index (χ2n) is 4.72. The van der Waals surface area contributed by atoms with Gasteiger partial charge in [-0.3, -0.25) is 0 Å². The number of benzene rings is 1. The van der Waals surface area contributed by atoms with Crippen LogP contribution in [-0.4, -0.2) is 24.4 Å². The Bertz CT molecular complexity index is 340. The van der Waals surface area contributed by atoms with E-state index in [4.69, 9.17) is 9.47 Å². The topological polar surface area (TPSA) is 38.7 Å². The van der Waals surface area contributed by atoms with Gasteiger partial charge in [-0.05, 0) is 44.9 Å². The van der Waals surface area contributed by atoms with E-state index < -0.39 is 0 Å². The van der Waals surface area contributed by atoms with Crippen molar-refractivity contribution in [3.8, 4) is 11.5 Å². The maximum absolute atomic E-state index is 9.43. The lowest BCUT2D eigenvalue weighted by atomic mass is 10.1. The van der Waals surface area contributed by atoms with Crippen LogP contribution in [0.4, 0.5) is 0 Å². The first-order valence-electron chi connectivity index (χ1n) is 5.42. The number of hydrogen-bond acceptors (Lipinski definition) is 3. The van der Waals surface area contributed by atoms with Crippen LogP contribution in [0, 0.1) is 0 Å². The molecule has 0 spiro atoms. The van der Waals surface area contributed by atoms with Crippen molar-refractivity contribution in [3.05, 3.63) is 23.8 Å². The SMILES string of the molecule is COc1cc(CCOC(C)(C)C)ccc1O. The first kappa shape index (κ1) is 12.8. The summed E-state index contributed by atoms with van der Waals surface area (Å²) in [7, 11) is 1.55. The fourth-order valence-electron chi connectivity index (χ4n) is 1.35. The fourth-order valence-corrected chi connectivity index (χ4v) is 1.35. The third-order valence-electron chi connectivity index (χ3n) is 2.17. The third kappa shape index (κ3) is 4.11. The van der Waals surface area contributed by atoms with Crippen LogP contribution in [0.1, 0.15) is 26.3 Å². The second kappa shape index (κ2) is 5.21. The van der Waals surface area contributed by atoms with E-state index in [0.29, 0.717) is 12.4 Å². The maximum atomic E-state index is 9.43. The van der Waals surface area contributed by atoms with Gasteiger partial charge in [-0.25, -0.2) is 0 Å². The molecule has 0 bridgehead atoms. The summed E-state index contributed by atoms with van der Waals surface area (Å²) in [6.45, 7) is 6.76. The minimum atomic E-state index is -0.110. The van der Waals surface area contributed by atoms with Crippen molar-refractivity contribution < 1.29 is 14.6 Å². The molecule has 0 aliphatic rings. The molecule has 0 atom stereocenters. The molecule has 1 aromatic carbocycles. The highest BCUT2D eigenvalue weighted by Gasteiger charge is 2.10. The normalized spacial score (nSPS) is 11.5. The minimum Gasteiger partial charge on any atom is -0.504 e. The molecule has 90 valence electrons. The molecule has 0 radical (unpaired) electrons. The highest BCUT2D eigenvalue weighted by molar-refractivity contribution is 5.41. The first-order valence-corrected chi connectivity index (χ1v) is 5.42. The van der Waals surface area contributed by atoms with E-state index >= 15 is 0 Å². The van der Waals surface area contributed by atoms with Gasteiger partial charge in [-0.1, -0.05) is 6.07 Å². The summed E-state index contributed by atoms with van der Waals surface area (Å²) in [4.78, 5) is 0. The highest BCUT2D eigenvalue weighted by atomic mass is 16.5. The Morgan fingerprint density at radius 3 is 2.50 bits per heavy atom. The van der Waals surface area contributed by atoms with Gasteiger partial charge in [0.25, 0.3) is 0 Å². The zero-order chi connectivity index (χ0) is 12.2. The van der Waals surface area contributed by atoms with Crippen LogP contribution in [0.2, 0.25) is 0 Å².